The Morgan fingerprint density at radius 1 is 0.544 bits per heavy atom. The number of hydrogen-bond acceptors (Lipinski definition) is 16. The van der Waals surface area contributed by atoms with E-state index >= 15 is 0 Å². The third-order valence-electron chi connectivity index (χ3n) is 10.2. The predicted octanol–water partition coefficient (Wildman–Crippen LogP) is 6.07. The van der Waals surface area contributed by atoms with Crippen molar-refractivity contribution >= 4 is 99.1 Å². The molecule has 2 aliphatic rings. The average Bonchev–Trinajstić information content (AvgIpc) is 3.30. The molecular weight excluding hydrogens is 1000 g/mol. The number of morpholine rings is 2. The molecule has 0 aliphatic carbocycles. The molecule has 0 radical (unpaired) electrons. The molecule has 4 aromatic rings. The summed E-state index contributed by atoms with van der Waals surface area (Å²) in [5, 5.41) is 5.29. The third kappa shape index (κ3) is 12.6. The number of anilines is 2. The Morgan fingerprint density at radius 3 is 1.22 bits per heavy atom. The van der Waals surface area contributed by atoms with Crippen LogP contribution in [0.5, 0.6) is 0 Å². The summed E-state index contributed by atoms with van der Waals surface area (Å²) in [6.45, 7) is 7.57. The summed E-state index contributed by atoms with van der Waals surface area (Å²) in [5.41, 5.74) is 0.101. The highest BCUT2D eigenvalue weighted by atomic mass is 32.2. The monoisotopic (exact) mass is 1050 g/mol. The van der Waals surface area contributed by atoms with E-state index in [0.29, 0.717) is 9.79 Å². The van der Waals surface area contributed by atoms with Gasteiger partial charge in [-0.25, -0.2) is 16.8 Å². The lowest BCUT2D eigenvalue weighted by Crippen LogP contribution is -2.40. The number of rotatable bonds is 18. The molecule has 2 amide bonds. The van der Waals surface area contributed by atoms with Gasteiger partial charge in [-0.05, 0) is 112 Å². The molecule has 0 atom stereocenters. The molecule has 0 bridgehead atoms. The van der Waals surface area contributed by atoms with Crippen molar-refractivity contribution in [1.82, 2.24) is 8.61 Å². The molecule has 24 heteroatoms. The fourth-order valence-corrected chi connectivity index (χ4v) is 14.7. The van der Waals surface area contributed by atoms with Crippen molar-refractivity contribution in [2.45, 2.75) is 69.3 Å². The zero-order valence-electron chi connectivity index (χ0n) is 38.0. The summed E-state index contributed by atoms with van der Waals surface area (Å²) in [6.07, 6.45) is 4.50. The molecule has 368 valence electrons. The summed E-state index contributed by atoms with van der Waals surface area (Å²) >= 11 is 2.41. The van der Waals surface area contributed by atoms with Crippen LogP contribution >= 0.6 is 23.5 Å². The van der Waals surface area contributed by atoms with Gasteiger partial charge < -0.3 is 20.1 Å². The Hall–Kier alpha value is -4.18. The predicted molar refractivity (Wildman–Crippen MR) is 260 cm³/mol. The molecule has 2 aliphatic heterocycles. The first-order chi connectivity index (χ1) is 32.1. The van der Waals surface area contributed by atoms with Gasteiger partial charge in [0.15, 0.2) is 0 Å². The number of carbonyl (C=O) groups is 2. The fraction of sp³-hybridized carbons (Fsp3) is 0.364. The molecule has 2 fully saturated rings. The second kappa shape index (κ2) is 22.3. The van der Waals surface area contributed by atoms with E-state index in [9.17, 15) is 43.3 Å². The van der Waals surface area contributed by atoms with Crippen molar-refractivity contribution in [1.29, 1.82) is 0 Å². The van der Waals surface area contributed by atoms with E-state index < -0.39 is 64.3 Å². The van der Waals surface area contributed by atoms with Crippen molar-refractivity contribution < 1.29 is 61.1 Å². The van der Waals surface area contributed by atoms with Crippen molar-refractivity contribution in [2.24, 2.45) is 0 Å². The molecule has 2 N–H and O–H groups in total. The minimum Gasteiger partial charge on any atom is -0.379 e. The minimum atomic E-state index is -4.53. The van der Waals surface area contributed by atoms with Crippen LogP contribution in [0, 0.1) is 0 Å². The van der Waals surface area contributed by atoms with Crippen LogP contribution in [-0.2, 0) is 58.1 Å². The number of amides is 2. The lowest BCUT2D eigenvalue weighted by Gasteiger charge is -2.27. The maximum absolute atomic E-state index is 13.7. The van der Waals surface area contributed by atoms with Crippen LogP contribution in [0.1, 0.15) is 59.5 Å². The first kappa shape index (κ1) is 53.2. The van der Waals surface area contributed by atoms with Crippen molar-refractivity contribution in [3.05, 3.63) is 95.1 Å². The molecule has 68 heavy (non-hydrogen) atoms. The van der Waals surface area contributed by atoms with Crippen LogP contribution in [0.3, 0.4) is 0 Å². The van der Waals surface area contributed by atoms with E-state index in [4.69, 9.17) is 17.8 Å². The number of hydrogen-bond donors (Lipinski definition) is 2. The van der Waals surface area contributed by atoms with E-state index in [1.807, 2.05) is 0 Å². The van der Waals surface area contributed by atoms with Gasteiger partial charge in [0.2, 0.25) is 20.0 Å². The van der Waals surface area contributed by atoms with Crippen LogP contribution in [0.2, 0.25) is 0 Å². The smallest absolute Gasteiger partial charge is 0.297 e. The Kier molecular flexibility index (Phi) is 17.4. The van der Waals surface area contributed by atoms with Gasteiger partial charge in [-0.3, -0.25) is 18.0 Å². The normalized spacial score (nSPS) is 15.8. The lowest BCUT2D eigenvalue weighted by atomic mass is 10.1. The largest absolute Gasteiger partial charge is 0.379 e. The van der Waals surface area contributed by atoms with Gasteiger partial charge in [-0.15, -0.1) is 23.5 Å². The number of nitrogens with one attached hydrogen (secondary N) is 2. The van der Waals surface area contributed by atoms with Gasteiger partial charge in [0.1, 0.15) is 9.79 Å². The van der Waals surface area contributed by atoms with Gasteiger partial charge in [-0.1, -0.05) is 24.3 Å². The van der Waals surface area contributed by atoms with Crippen LogP contribution in [-0.4, -0.2) is 131 Å². The minimum absolute atomic E-state index is 0.00610. The van der Waals surface area contributed by atoms with Gasteiger partial charge in [-0.2, -0.15) is 25.4 Å². The van der Waals surface area contributed by atoms with Gasteiger partial charge in [0.05, 0.1) is 48.4 Å². The van der Waals surface area contributed by atoms with Crippen molar-refractivity contribution in [3.8, 4) is 0 Å². The Balaban J connectivity index is 1.32. The molecule has 0 saturated carbocycles. The molecule has 0 unspecified atom stereocenters. The fourth-order valence-electron chi connectivity index (χ4n) is 7.02. The maximum atomic E-state index is 13.7. The van der Waals surface area contributed by atoms with Crippen LogP contribution < -0.4 is 10.6 Å². The zero-order chi connectivity index (χ0) is 49.6. The van der Waals surface area contributed by atoms with E-state index in [1.165, 1.54) is 145 Å². The van der Waals surface area contributed by atoms with Crippen molar-refractivity contribution in [2.75, 3.05) is 75.8 Å². The molecule has 2 saturated heterocycles. The number of carbonyl (C=O) groups excluding carboxylic acids is 2. The van der Waals surface area contributed by atoms with E-state index in [1.54, 1.807) is 12.5 Å². The number of benzene rings is 4. The average molecular weight is 1050 g/mol. The third-order valence-corrected chi connectivity index (χ3v) is 19.0. The topological polar surface area (TPSA) is 238 Å². The Labute approximate surface area is 406 Å². The quantitative estimate of drug-likeness (QED) is 0.0653. The summed E-state index contributed by atoms with van der Waals surface area (Å²) in [7, 11) is -17.0. The van der Waals surface area contributed by atoms with Gasteiger partial charge in [0, 0.05) is 58.5 Å². The molecule has 6 rings (SSSR count). The Morgan fingerprint density at radius 2 is 0.897 bits per heavy atom. The molecule has 18 nitrogen and oxygen atoms in total. The molecular formula is C44H52N4O14S6. The summed E-state index contributed by atoms with van der Waals surface area (Å²) in [5.74, 6) is -1.45. The standard InChI is InChI=1S/C44H52N4O14S6/c1-29(2)61-67(55,56)39-27-35(45-43(49)33-11-15-37(63-5)41(25-33)65(51,52)47-17-21-59-22-18-47)13-9-31(39)7-8-32-10-14-36(28-40(32)68(57,58)62-30(3)4)46-44(50)34-12-16-38(64-6)42(26-34)66(53,54)48-19-23-60-24-20-48/h7-16,25-30H,17-24H2,1-6H3,(H,45,49)(H,46,50)/b8-7+. The van der Waals surface area contributed by atoms with Crippen LogP contribution in [0.4, 0.5) is 11.4 Å². The highest BCUT2D eigenvalue weighted by Gasteiger charge is 2.32. The molecule has 2 heterocycles. The van der Waals surface area contributed by atoms with Crippen molar-refractivity contribution in [3.63, 3.8) is 0 Å². The maximum Gasteiger partial charge on any atom is 0.297 e. The molecule has 0 spiro atoms. The SMILES string of the molecule is CSc1ccc(C(=O)Nc2ccc(/C=C/c3ccc(NC(=O)c4ccc(SC)c(S(=O)(=O)N5CCOCC5)c4)cc3S(=O)(=O)OC(C)C)c(S(=O)(=O)OC(C)C)c2)cc1S(=O)(=O)N1CCOCC1. The first-order valence-corrected chi connectivity index (χ1v) is 29.2. The summed E-state index contributed by atoms with van der Waals surface area (Å²) in [6, 6.07) is 16.4. The summed E-state index contributed by atoms with van der Waals surface area (Å²) < 4.78 is 133. The van der Waals surface area contributed by atoms with E-state index in [-0.39, 0.29) is 106 Å². The number of nitrogens with zero attached hydrogens (tertiary/aromatic N) is 2. The number of sulfonamides is 2. The highest BCUT2D eigenvalue weighted by molar-refractivity contribution is 7.99. The lowest BCUT2D eigenvalue weighted by molar-refractivity contribution is 0.0729. The van der Waals surface area contributed by atoms with E-state index in [0.717, 1.165) is 0 Å². The van der Waals surface area contributed by atoms with Crippen LogP contribution in [0.25, 0.3) is 12.2 Å². The highest BCUT2D eigenvalue weighted by Crippen LogP contribution is 2.33. The van der Waals surface area contributed by atoms with Gasteiger partial charge >= 0.3 is 0 Å². The first-order valence-electron chi connectivity index (χ1n) is 21.0. The summed E-state index contributed by atoms with van der Waals surface area (Å²) in [4.78, 5) is 27.3. The Bertz CT molecular complexity index is 2820. The van der Waals surface area contributed by atoms with Crippen LogP contribution in [0.15, 0.2) is 102 Å². The van der Waals surface area contributed by atoms with E-state index in [2.05, 4.69) is 10.6 Å². The number of thioether (sulfide) groups is 2. The molecule has 4 aromatic carbocycles. The molecule has 0 aromatic heterocycles. The zero-order valence-corrected chi connectivity index (χ0v) is 42.9. The van der Waals surface area contributed by atoms with Gasteiger partial charge in [0.25, 0.3) is 32.1 Å². The number of ether oxygens (including phenoxy) is 2. The second-order valence-electron chi connectivity index (χ2n) is 15.7. The second-order valence-corrected chi connectivity index (χ2v) is 24.3.